The first kappa shape index (κ1) is 11.9. The van der Waals surface area contributed by atoms with Crippen LogP contribution in [-0.2, 0) is 0 Å². The van der Waals surface area contributed by atoms with Gasteiger partial charge in [0.15, 0.2) is 5.69 Å². The Kier molecular flexibility index (Phi) is 3.44. The average molecular weight is 240 g/mol. The molecule has 90 valence electrons. The summed E-state index contributed by atoms with van der Waals surface area (Å²) in [5, 5.41) is 13.0. The van der Waals surface area contributed by atoms with Crippen LogP contribution < -0.4 is 5.32 Å². The van der Waals surface area contributed by atoms with Gasteiger partial charge in [0.2, 0.25) is 0 Å². The Morgan fingerprint density at radius 3 is 2.94 bits per heavy atom. The number of carbonyl (C=O) groups is 1. The maximum Gasteiger partial charge on any atom is 0.354 e. The fourth-order valence-electron chi connectivity index (χ4n) is 1.66. The van der Waals surface area contributed by atoms with Crippen LogP contribution in [0.1, 0.15) is 17.4 Å². The smallest absolute Gasteiger partial charge is 0.354 e. The molecule has 0 fully saturated rings. The van der Waals surface area contributed by atoms with Gasteiger partial charge in [0.25, 0.3) is 0 Å². The van der Waals surface area contributed by atoms with E-state index in [1.807, 2.05) is 18.2 Å². The highest BCUT2D eigenvalue weighted by molar-refractivity contribution is 5.97. The molecule has 4 heteroatoms. The fraction of sp³-hybridized carbons (Fsp3) is 0.143. The first-order chi connectivity index (χ1) is 8.72. The maximum absolute atomic E-state index is 11.0. The van der Waals surface area contributed by atoms with Gasteiger partial charge in [0, 0.05) is 11.1 Å². The molecule has 18 heavy (non-hydrogen) atoms. The quantitative estimate of drug-likeness (QED) is 0.808. The van der Waals surface area contributed by atoms with Gasteiger partial charge in [-0.25, -0.2) is 9.78 Å². The molecule has 0 radical (unpaired) electrons. The molecule has 1 heterocycles. The highest BCUT2D eigenvalue weighted by Crippen LogP contribution is 2.22. The number of pyridine rings is 1. The molecule has 0 amide bonds. The van der Waals surface area contributed by atoms with Crippen molar-refractivity contribution >= 4 is 22.6 Å². The van der Waals surface area contributed by atoms with E-state index in [2.05, 4.69) is 22.1 Å². The second kappa shape index (κ2) is 5.19. The lowest BCUT2D eigenvalue weighted by atomic mass is 10.1. The van der Waals surface area contributed by atoms with Crippen LogP contribution in [0.15, 0.2) is 30.3 Å². The van der Waals surface area contributed by atoms with Crippen molar-refractivity contribution in [1.82, 2.24) is 4.98 Å². The predicted molar refractivity (Wildman–Crippen MR) is 70.6 cm³/mol. The van der Waals surface area contributed by atoms with E-state index in [0.717, 1.165) is 11.1 Å². The van der Waals surface area contributed by atoms with Gasteiger partial charge in [-0.15, -0.1) is 5.92 Å². The monoisotopic (exact) mass is 240 g/mol. The molecule has 0 saturated carbocycles. The van der Waals surface area contributed by atoms with Gasteiger partial charge < -0.3 is 10.4 Å². The summed E-state index contributed by atoms with van der Waals surface area (Å²) in [7, 11) is 0. The van der Waals surface area contributed by atoms with Crippen LogP contribution in [0.4, 0.5) is 5.69 Å². The van der Waals surface area contributed by atoms with Crippen LogP contribution in [0.5, 0.6) is 0 Å². The number of carboxylic acid groups (broad SMARTS) is 1. The van der Waals surface area contributed by atoms with Crippen molar-refractivity contribution in [2.24, 2.45) is 0 Å². The van der Waals surface area contributed by atoms with Gasteiger partial charge in [0.05, 0.1) is 12.1 Å². The van der Waals surface area contributed by atoms with E-state index in [9.17, 15) is 4.79 Å². The Morgan fingerprint density at radius 1 is 1.44 bits per heavy atom. The van der Waals surface area contributed by atoms with E-state index < -0.39 is 5.97 Å². The largest absolute Gasteiger partial charge is 0.477 e. The van der Waals surface area contributed by atoms with Crippen LogP contribution in [-0.4, -0.2) is 22.6 Å². The number of carboxylic acids is 1. The van der Waals surface area contributed by atoms with Crippen molar-refractivity contribution < 1.29 is 9.90 Å². The average Bonchev–Trinajstić information content (AvgIpc) is 2.38. The SMILES string of the molecule is CC#CCNc1cc(C(=O)O)nc2ccccc12. The highest BCUT2D eigenvalue weighted by atomic mass is 16.4. The molecule has 0 spiro atoms. The lowest BCUT2D eigenvalue weighted by Crippen LogP contribution is -2.05. The predicted octanol–water partition coefficient (Wildman–Crippen LogP) is 2.37. The van der Waals surface area contributed by atoms with Gasteiger partial charge >= 0.3 is 5.97 Å². The number of benzene rings is 1. The third-order valence-corrected chi connectivity index (χ3v) is 2.48. The zero-order valence-electron chi connectivity index (χ0n) is 9.90. The first-order valence-electron chi connectivity index (χ1n) is 5.49. The number of aromatic nitrogens is 1. The minimum Gasteiger partial charge on any atom is -0.477 e. The van der Waals surface area contributed by atoms with Crippen molar-refractivity contribution in [2.45, 2.75) is 6.92 Å². The molecule has 0 bridgehead atoms. The minimum atomic E-state index is -1.04. The second-order valence-corrected chi connectivity index (χ2v) is 3.66. The molecule has 0 aliphatic heterocycles. The van der Waals surface area contributed by atoms with E-state index in [4.69, 9.17) is 5.11 Å². The Morgan fingerprint density at radius 2 is 2.22 bits per heavy atom. The van der Waals surface area contributed by atoms with E-state index >= 15 is 0 Å². The number of anilines is 1. The molecule has 1 aromatic carbocycles. The first-order valence-corrected chi connectivity index (χ1v) is 5.49. The standard InChI is InChI=1S/C14H12N2O2/c1-2-3-8-15-12-9-13(14(17)18)16-11-7-5-4-6-10(11)12/h4-7,9H,8H2,1H3,(H,15,16)(H,17,18). The van der Waals surface area contributed by atoms with Crippen LogP contribution >= 0.6 is 0 Å². The molecule has 2 N–H and O–H groups in total. The third kappa shape index (κ3) is 2.41. The highest BCUT2D eigenvalue weighted by Gasteiger charge is 2.09. The van der Waals surface area contributed by atoms with E-state index in [0.29, 0.717) is 12.1 Å². The molecule has 0 unspecified atom stereocenters. The number of hydrogen-bond donors (Lipinski definition) is 2. The van der Waals surface area contributed by atoms with Crippen molar-refractivity contribution in [3.63, 3.8) is 0 Å². The zero-order valence-corrected chi connectivity index (χ0v) is 9.90. The molecule has 0 aliphatic rings. The van der Waals surface area contributed by atoms with Gasteiger partial charge in [-0.05, 0) is 19.1 Å². The summed E-state index contributed by atoms with van der Waals surface area (Å²) < 4.78 is 0. The summed E-state index contributed by atoms with van der Waals surface area (Å²) in [6.07, 6.45) is 0. The molecular formula is C14H12N2O2. The van der Waals surface area contributed by atoms with Crippen LogP contribution in [0.2, 0.25) is 0 Å². The zero-order chi connectivity index (χ0) is 13.0. The van der Waals surface area contributed by atoms with Crippen molar-refractivity contribution in [3.8, 4) is 11.8 Å². The lowest BCUT2D eigenvalue weighted by Gasteiger charge is -2.08. The summed E-state index contributed by atoms with van der Waals surface area (Å²) in [5.41, 5.74) is 1.42. The van der Waals surface area contributed by atoms with Crippen molar-refractivity contribution in [2.75, 3.05) is 11.9 Å². The summed E-state index contributed by atoms with van der Waals surface area (Å²) in [5.74, 6) is 4.62. The van der Waals surface area contributed by atoms with Gasteiger partial charge in [-0.3, -0.25) is 0 Å². The Labute approximate surface area is 105 Å². The molecule has 2 aromatic rings. The fourth-order valence-corrected chi connectivity index (χ4v) is 1.66. The number of para-hydroxylation sites is 1. The number of rotatable bonds is 3. The minimum absolute atomic E-state index is 0.0284. The lowest BCUT2D eigenvalue weighted by molar-refractivity contribution is 0.0691. The second-order valence-electron chi connectivity index (χ2n) is 3.66. The number of aromatic carboxylic acids is 1. The van der Waals surface area contributed by atoms with Gasteiger partial charge in [-0.1, -0.05) is 24.1 Å². The summed E-state index contributed by atoms with van der Waals surface area (Å²) >= 11 is 0. The molecule has 0 atom stereocenters. The Hall–Kier alpha value is -2.54. The number of hydrogen-bond acceptors (Lipinski definition) is 3. The van der Waals surface area contributed by atoms with Gasteiger partial charge in [-0.2, -0.15) is 0 Å². The number of nitrogens with one attached hydrogen (secondary N) is 1. The maximum atomic E-state index is 11.0. The molecule has 4 nitrogen and oxygen atoms in total. The summed E-state index contributed by atoms with van der Waals surface area (Å²) in [6, 6.07) is 8.94. The van der Waals surface area contributed by atoms with Crippen LogP contribution in [0.25, 0.3) is 10.9 Å². The van der Waals surface area contributed by atoms with E-state index in [1.165, 1.54) is 6.07 Å². The third-order valence-electron chi connectivity index (χ3n) is 2.48. The summed E-state index contributed by atoms with van der Waals surface area (Å²) in [4.78, 5) is 15.1. The molecule has 0 saturated heterocycles. The normalized spacial score (nSPS) is 9.61. The number of fused-ring (bicyclic) bond motifs is 1. The molecule has 0 aliphatic carbocycles. The molecule has 2 rings (SSSR count). The summed E-state index contributed by atoms with van der Waals surface area (Å²) in [6.45, 7) is 2.23. The van der Waals surface area contributed by atoms with E-state index in [-0.39, 0.29) is 5.69 Å². The Balaban J connectivity index is 2.52. The number of nitrogens with zero attached hydrogens (tertiary/aromatic N) is 1. The van der Waals surface area contributed by atoms with Crippen LogP contribution in [0, 0.1) is 11.8 Å². The topological polar surface area (TPSA) is 62.2 Å². The Bertz CT molecular complexity index is 654. The molecule has 1 aromatic heterocycles. The molecular weight excluding hydrogens is 228 g/mol. The van der Waals surface area contributed by atoms with Crippen molar-refractivity contribution in [3.05, 3.63) is 36.0 Å². The van der Waals surface area contributed by atoms with Gasteiger partial charge in [0.1, 0.15) is 0 Å². The van der Waals surface area contributed by atoms with Crippen LogP contribution in [0.3, 0.4) is 0 Å². The van der Waals surface area contributed by atoms with E-state index in [1.54, 1.807) is 13.0 Å². The van der Waals surface area contributed by atoms with Crippen molar-refractivity contribution in [1.29, 1.82) is 0 Å².